The van der Waals surface area contributed by atoms with Gasteiger partial charge in [-0.15, -0.1) is 0 Å². The van der Waals surface area contributed by atoms with Gasteiger partial charge in [0.25, 0.3) is 0 Å². The number of hydrogen-bond acceptors (Lipinski definition) is 4. The largest absolute Gasteiger partial charge is 0.457 e. The van der Waals surface area contributed by atoms with Crippen LogP contribution in [-0.2, 0) is 5.41 Å². The third-order valence-electron chi connectivity index (χ3n) is 8.19. The Kier molecular flexibility index (Phi) is 5.41. The highest BCUT2D eigenvalue weighted by atomic mass is 16.5. The Morgan fingerprint density at radius 3 is 2.33 bits per heavy atom. The predicted octanol–water partition coefficient (Wildman–Crippen LogP) is 9.46. The van der Waals surface area contributed by atoms with Gasteiger partial charge >= 0.3 is 0 Å². The maximum atomic E-state index is 6.49. The average Bonchev–Trinajstić information content (AvgIpc) is 3.34. The molecule has 0 atom stereocenters. The SMILES string of the molecule is CC1(C)c2ccccc2Oc2cc3c(cc21)c1cccnc1n3-c1cccc(Oc2cccc(-c3ccccn3)c2)c1. The summed E-state index contributed by atoms with van der Waals surface area (Å²) in [7, 11) is 0. The molecule has 202 valence electrons. The minimum absolute atomic E-state index is 0.202. The van der Waals surface area contributed by atoms with Gasteiger partial charge in [-0.1, -0.05) is 56.3 Å². The van der Waals surface area contributed by atoms with Crippen LogP contribution < -0.4 is 9.47 Å². The van der Waals surface area contributed by atoms with Gasteiger partial charge in [-0.05, 0) is 60.7 Å². The number of hydrogen-bond donors (Lipinski definition) is 0. The second kappa shape index (κ2) is 9.32. The highest BCUT2D eigenvalue weighted by Crippen LogP contribution is 2.50. The summed E-state index contributed by atoms with van der Waals surface area (Å²) in [5, 5.41) is 2.24. The Morgan fingerprint density at radius 2 is 1.45 bits per heavy atom. The molecular formula is C37H27N3O2. The second-order valence-electron chi connectivity index (χ2n) is 11.1. The Labute approximate surface area is 243 Å². The van der Waals surface area contributed by atoms with Crippen LogP contribution in [0.3, 0.4) is 0 Å². The van der Waals surface area contributed by atoms with Gasteiger partial charge in [0.05, 0.1) is 16.9 Å². The number of benzene rings is 4. The molecule has 1 aliphatic heterocycles. The van der Waals surface area contributed by atoms with E-state index in [-0.39, 0.29) is 5.41 Å². The monoisotopic (exact) mass is 545 g/mol. The molecular weight excluding hydrogens is 518 g/mol. The number of ether oxygens (including phenoxy) is 2. The number of nitrogens with zero attached hydrogens (tertiary/aromatic N) is 3. The van der Waals surface area contributed by atoms with E-state index in [2.05, 4.69) is 65.9 Å². The molecule has 1 aliphatic rings. The topological polar surface area (TPSA) is 49.2 Å². The van der Waals surface area contributed by atoms with Gasteiger partial charge in [0, 0.05) is 57.4 Å². The second-order valence-corrected chi connectivity index (χ2v) is 11.1. The molecule has 8 rings (SSSR count). The number of pyridine rings is 2. The number of rotatable bonds is 4. The van der Waals surface area contributed by atoms with E-state index in [9.17, 15) is 0 Å². The van der Waals surface area contributed by atoms with Crippen LogP contribution in [0.5, 0.6) is 23.0 Å². The Morgan fingerprint density at radius 1 is 0.643 bits per heavy atom. The molecule has 5 nitrogen and oxygen atoms in total. The van der Waals surface area contributed by atoms with Gasteiger partial charge in [0.2, 0.25) is 0 Å². The van der Waals surface area contributed by atoms with Crippen molar-refractivity contribution in [2.45, 2.75) is 19.3 Å². The molecule has 0 unspecified atom stereocenters. The third kappa shape index (κ3) is 3.85. The van der Waals surface area contributed by atoms with Gasteiger partial charge in [0.15, 0.2) is 0 Å². The maximum Gasteiger partial charge on any atom is 0.145 e. The van der Waals surface area contributed by atoms with Crippen LogP contribution in [0.15, 0.2) is 128 Å². The van der Waals surface area contributed by atoms with E-state index in [0.717, 1.165) is 61.9 Å². The normalized spacial score (nSPS) is 13.4. The molecule has 0 fully saturated rings. The summed E-state index contributed by atoms with van der Waals surface area (Å²) in [4.78, 5) is 9.31. The third-order valence-corrected chi connectivity index (χ3v) is 8.19. The van der Waals surface area contributed by atoms with Crippen molar-refractivity contribution in [2.24, 2.45) is 0 Å². The fourth-order valence-corrected chi connectivity index (χ4v) is 6.11. The van der Waals surface area contributed by atoms with Crippen LogP contribution in [0.25, 0.3) is 38.9 Å². The fraction of sp³-hybridized carbons (Fsp3) is 0.0811. The van der Waals surface area contributed by atoms with Crippen LogP contribution >= 0.6 is 0 Å². The predicted molar refractivity (Wildman–Crippen MR) is 167 cm³/mol. The molecule has 0 aliphatic carbocycles. The zero-order valence-corrected chi connectivity index (χ0v) is 23.3. The molecule has 0 saturated heterocycles. The quantitative estimate of drug-likeness (QED) is 0.221. The van der Waals surface area contributed by atoms with Crippen molar-refractivity contribution in [3.05, 3.63) is 139 Å². The summed E-state index contributed by atoms with van der Waals surface area (Å²) in [6, 6.07) is 38.9. The zero-order valence-electron chi connectivity index (χ0n) is 23.3. The van der Waals surface area contributed by atoms with Gasteiger partial charge in [-0.25, -0.2) is 4.98 Å². The molecule has 0 amide bonds. The van der Waals surface area contributed by atoms with E-state index < -0.39 is 0 Å². The first-order valence-corrected chi connectivity index (χ1v) is 14.1. The Hall–Kier alpha value is -5.42. The van der Waals surface area contributed by atoms with Gasteiger partial charge in [0.1, 0.15) is 28.6 Å². The van der Waals surface area contributed by atoms with E-state index >= 15 is 0 Å². The van der Waals surface area contributed by atoms with Crippen LogP contribution in [-0.4, -0.2) is 14.5 Å². The van der Waals surface area contributed by atoms with Gasteiger partial charge in [-0.3, -0.25) is 9.55 Å². The standard InChI is InChI=1S/C37H27N3O2/c1-37(2)30-15-3-4-17-34(30)42-35-23-33-29(22-31(35)37)28-14-9-19-39-36(28)40(33)25-11-8-13-27(21-25)41-26-12-7-10-24(20-26)32-16-5-6-18-38-32/h3-23H,1-2H3. The van der Waals surface area contributed by atoms with Crippen molar-refractivity contribution < 1.29 is 9.47 Å². The van der Waals surface area contributed by atoms with E-state index in [4.69, 9.17) is 14.5 Å². The molecule has 0 spiro atoms. The summed E-state index contributed by atoms with van der Waals surface area (Å²) in [6.45, 7) is 4.53. The molecule has 0 radical (unpaired) electrons. The first-order valence-electron chi connectivity index (χ1n) is 14.1. The molecule has 4 aromatic carbocycles. The molecule has 7 aromatic rings. The van der Waals surface area contributed by atoms with Crippen LogP contribution in [0.4, 0.5) is 0 Å². The number of para-hydroxylation sites is 1. The molecule has 0 bridgehead atoms. The maximum absolute atomic E-state index is 6.49. The summed E-state index contributed by atoms with van der Waals surface area (Å²) >= 11 is 0. The number of aromatic nitrogens is 3. The van der Waals surface area contributed by atoms with E-state index in [1.165, 1.54) is 11.1 Å². The first-order chi connectivity index (χ1) is 20.6. The lowest BCUT2D eigenvalue weighted by Crippen LogP contribution is -2.24. The fourth-order valence-electron chi connectivity index (χ4n) is 6.11. The summed E-state index contributed by atoms with van der Waals surface area (Å²) in [5.74, 6) is 3.26. The van der Waals surface area contributed by atoms with E-state index in [1.807, 2.05) is 79.0 Å². The highest BCUT2D eigenvalue weighted by Gasteiger charge is 2.35. The highest BCUT2D eigenvalue weighted by molar-refractivity contribution is 6.09. The Bertz CT molecular complexity index is 2130. The van der Waals surface area contributed by atoms with Crippen LogP contribution in [0.2, 0.25) is 0 Å². The molecule has 5 heteroatoms. The lowest BCUT2D eigenvalue weighted by molar-refractivity contribution is 0.419. The average molecular weight is 546 g/mol. The smallest absolute Gasteiger partial charge is 0.145 e. The molecule has 0 saturated carbocycles. The minimum atomic E-state index is -0.202. The lowest BCUT2D eigenvalue weighted by Gasteiger charge is -2.34. The molecule has 42 heavy (non-hydrogen) atoms. The van der Waals surface area contributed by atoms with Crippen molar-refractivity contribution in [3.63, 3.8) is 0 Å². The number of fused-ring (bicyclic) bond motifs is 5. The van der Waals surface area contributed by atoms with Gasteiger partial charge < -0.3 is 9.47 Å². The van der Waals surface area contributed by atoms with Crippen molar-refractivity contribution in [1.29, 1.82) is 0 Å². The summed E-state index contributed by atoms with van der Waals surface area (Å²) < 4.78 is 15.1. The summed E-state index contributed by atoms with van der Waals surface area (Å²) in [6.07, 6.45) is 3.64. The molecule has 4 heterocycles. The molecule has 3 aromatic heterocycles. The van der Waals surface area contributed by atoms with Crippen LogP contribution in [0, 0.1) is 0 Å². The minimum Gasteiger partial charge on any atom is -0.457 e. The van der Waals surface area contributed by atoms with Crippen LogP contribution in [0.1, 0.15) is 25.0 Å². The van der Waals surface area contributed by atoms with E-state index in [1.54, 1.807) is 6.20 Å². The lowest BCUT2D eigenvalue weighted by atomic mass is 9.75. The van der Waals surface area contributed by atoms with Crippen molar-refractivity contribution >= 4 is 21.9 Å². The molecule has 0 N–H and O–H groups in total. The van der Waals surface area contributed by atoms with Gasteiger partial charge in [-0.2, -0.15) is 0 Å². The van der Waals surface area contributed by atoms with Crippen molar-refractivity contribution in [3.8, 4) is 39.9 Å². The summed E-state index contributed by atoms with van der Waals surface area (Å²) in [5.41, 5.74) is 6.95. The Balaban J connectivity index is 1.25. The first kappa shape index (κ1) is 24.4. The zero-order chi connectivity index (χ0) is 28.3. The van der Waals surface area contributed by atoms with Crippen molar-refractivity contribution in [2.75, 3.05) is 0 Å². The van der Waals surface area contributed by atoms with Crippen molar-refractivity contribution in [1.82, 2.24) is 14.5 Å². The van der Waals surface area contributed by atoms with E-state index in [0.29, 0.717) is 0 Å².